The van der Waals surface area contributed by atoms with Crippen molar-refractivity contribution in [3.05, 3.63) is 60.4 Å². The Labute approximate surface area is 106 Å². The van der Waals surface area contributed by atoms with Crippen LogP contribution in [0.4, 0.5) is 0 Å². The summed E-state index contributed by atoms with van der Waals surface area (Å²) in [6, 6.07) is 16.2. The number of pyridine rings is 1. The molecule has 0 atom stereocenters. The molecule has 0 saturated carbocycles. The predicted molar refractivity (Wildman–Crippen MR) is 72.0 cm³/mol. The van der Waals surface area contributed by atoms with Crippen molar-refractivity contribution in [2.24, 2.45) is 0 Å². The quantitative estimate of drug-likeness (QED) is 0.739. The summed E-state index contributed by atoms with van der Waals surface area (Å²) in [6.07, 6.45) is 1.81. The van der Waals surface area contributed by atoms with Crippen LogP contribution in [-0.4, -0.2) is 15.2 Å². The number of hydrogen-bond acceptors (Lipinski definition) is 2. The molecule has 0 unspecified atom stereocenters. The fourth-order valence-corrected chi connectivity index (χ4v) is 1.94. The van der Waals surface area contributed by atoms with Gasteiger partial charge in [0.2, 0.25) is 0 Å². The molecular formula is C15H13N3. The molecular weight excluding hydrogens is 222 g/mol. The molecule has 0 saturated heterocycles. The Balaban J connectivity index is 2.00. The maximum atomic E-state index is 4.35. The lowest BCUT2D eigenvalue weighted by Crippen LogP contribution is -1.82. The van der Waals surface area contributed by atoms with Crippen molar-refractivity contribution >= 4 is 0 Å². The molecule has 3 rings (SSSR count). The molecule has 18 heavy (non-hydrogen) atoms. The number of aromatic nitrogens is 3. The summed E-state index contributed by atoms with van der Waals surface area (Å²) in [5, 5.41) is 7.42. The third-order valence-corrected chi connectivity index (χ3v) is 2.86. The number of nitrogens with zero attached hydrogens (tertiary/aromatic N) is 2. The predicted octanol–water partition coefficient (Wildman–Crippen LogP) is 3.45. The van der Waals surface area contributed by atoms with E-state index < -0.39 is 0 Å². The van der Waals surface area contributed by atoms with E-state index in [0.717, 1.165) is 28.2 Å². The number of nitrogens with one attached hydrogen (secondary N) is 1. The third-order valence-electron chi connectivity index (χ3n) is 2.86. The Morgan fingerprint density at radius 3 is 2.56 bits per heavy atom. The van der Waals surface area contributed by atoms with E-state index in [4.69, 9.17) is 0 Å². The van der Waals surface area contributed by atoms with Gasteiger partial charge in [-0.1, -0.05) is 30.3 Å². The number of hydrogen-bond donors (Lipinski definition) is 1. The normalized spacial score (nSPS) is 10.5. The van der Waals surface area contributed by atoms with Gasteiger partial charge in [0.25, 0.3) is 0 Å². The second-order valence-corrected chi connectivity index (χ2v) is 4.22. The fraction of sp³-hybridized carbons (Fsp3) is 0.0667. The number of aryl methyl sites for hydroxylation is 1. The van der Waals surface area contributed by atoms with Gasteiger partial charge in [-0.2, -0.15) is 5.10 Å². The van der Waals surface area contributed by atoms with Crippen molar-refractivity contribution in [3.63, 3.8) is 0 Å². The van der Waals surface area contributed by atoms with Crippen molar-refractivity contribution in [3.8, 4) is 22.5 Å². The first-order valence-corrected chi connectivity index (χ1v) is 5.87. The molecule has 0 aliphatic heterocycles. The monoisotopic (exact) mass is 235 g/mol. The average molecular weight is 235 g/mol. The van der Waals surface area contributed by atoms with Crippen molar-refractivity contribution in [1.82, 2.24) is 15.2 Å². The standard InChI is InChI=1S/C15H13N3/c1-11-9-13(7-8-16-11)15-10-14(17-18-15)12-5-3-2-4-6-12/h2-10H,1H3,(H,17,18). The van der Waals surface area contributed by atoms with Gasteiger partial charge in [0.05, 0.1) is 11.4 Å². The first-order chi connectivity index (χ1) is 8.83. The molecule has 0 bridgehead atoms. The van der Waals surface area contributed by atoms with Gasteiger partial charge in [0, 0.05) is 23.0 Å². The van der Waals surface area contributed by atoms with Gasteiger partial charge in [0.15, 0.2) is 0 Å². The van der Waals surface area contributed by atoms with Crippen LogP contribution in [0.3, 0.4) is 0 Å². The Kier molecular flexibility index (Phi) is 2.65. The molecule has 2 heterocycles. The first-order valence-electron chi connectivity index (χ1n) is 5.87. The van der Waals surface area contributed by atoms with Crippen LogP contribution < -0.4 is 0 Å². The highest BCUT2D eigenvalue weighted by Gasteiger charge is 2.05. The van der Waals surface area contributed by atoms with E-state index in [2.05, 4.69) is 33.4 Å². The third kappa shape index (κ3) is 2.02. The molecule has 3 aromatic rings. The average Bonchev–Trinajstić information content (AvgIpc) is 2.89. The molecule has 3 heteroatoms. The van der Waals surface area contributed by atoms with Crippen LogP contribution in [0.25, 0.3) is 22.5 Å². The number of rotatable bonds is 2. The van der Waals surface area contributed by atoms with E-state index in [1.807, 2.05) is 43.5 Å². The summed E-state index contributed by atoms with van der Waals surface area (Å²) < 4.78 is 0. The summed E-state index contributed by atoms with van der Waals surface area (Å²) in [6.45, 7) is 1.98. The fourth-order valence-electron chi connectivity index (χ4n) is 1.94. The van der Waals surface area contributed by atoms with Gasteiger partial charge in [-0.3, -0.25) is 10.1 Å². The second-order valence-electron chi connectivity index (χ2n) is 4.22. The topological polar surface area (TPSA) is 41.6 Å². The largest absolute Gasteiger partial charge is 0.277 e. The van der Waals surface area contributed by atoms with Gasteiger partial charge in [-0.05, 0) is 25.1 Å². The van der Waals surface area contributed by atoms with Crippen molar-refractivity contribution in [1.29, 1.82) is 0 Å². The van der Waals surface area contributed by atoms with E-state index in [-0.39, 0.29) is 0 Å². The Morgan fingerprint density at radius 2 is 1.78 bits per heavy atom. The Bertz CT molecular complexity index is 656. The van der Waals surface area contributed by atoms with Gasteiger partial charge in [-0.25, -0.2) is 0 Å². The van der Waals surface area contributed by atoms with E-state index in [0.29, 0.717) is 0 Å². The molecule has 0 radical (unpaired) electrons. The molecule has 0 spiro atoms. The van der Waals surface area contributed by atoms with Crippen molar-refractivity contribution < 1.29 is 0 Å². The van der Waals surface area contributed by atoms with Crippen LogP contribution in [-0.2, 0) is 0 Å². The lowest BCUT2D eigenvalue weighted by Gasteiger charge is -1.97. The van der Waals surface area contributed by atoms with Crippen LogP contribution in [0.1, 0.15) is 5.69 Å². The lowest BCUT2D eigenvalue weighted by atomic mass is 10.1. The van der Waals surface area contributed by atoms with Crippen LogP contribution in [0.2, 0.25) is 0 Å². The number of benzene rings is 1. The minimum Gasteiger partial charge on any atom is -0.277 e. The molecule has 0 aliphatic rings. The summed E-state index contributed by atoms with van der Waals surface area (Å²) in [5.41, 5.74) is 5.20. The Morgan fingerprint density at radius 1 is 0.944 bits per heavy atom. The molecule has 0 fully saturated rings. The highest BCUT2D eigenvalue weighted by Crippen LogP contribution is 2.23. The molecule has 0 amide bonds. The van der Waals surface area contributed by atoms with Crippen LogP contribution >= 0.6 is 0 Å². The zero-order chi connectivity index (χ0) is 12.4. The smallest absolute Gasteiger partial charge is 0.0927 e. The van der Waals surface area contributed by atoms with Gasteiger partial charge >= 0.3 is 0 Å². The molecule has 1 N–H and O–H groups in total. The minimum atomic E-state index is 0.958. The minimum absolute atomic E-state index is 0.958. The van der Waals surface area contributed by atoms with E-state index in [9.17, 15) is 0 Å². The highest BCUT2D eigenvalue weighted by atomic mass is 15.1. The van der Waals surface area contributed by atoms with E-state index >= 15 is 0 Å². The van der Waals surface area contributed by atoms with E-state index in [1.165, 1.54) is 0 Å². The van der Waals surface area contributed by atoms with Crippen LogP contribution in [0.5, 0.6) is 0 Å². The zero-order valence-electron chi connectivity index (χ0n) is 10.1. The molecule has 1 aromatic carbocycles. The van der Waals surface area contributed by atoms with Gasteiger partial charge < -0.3 is 0 Å². The molecule has 3 nitrogen and oxygen atoms in total. The maximum absolute atomic E-state index is 4.35. The SMILES string of the molecule is Cc1cc(-c2cc(-c3ccccc3)n[nH]2)ccn1. The van der Waals surface area contributed by atoms with Crippen LogP contribution in [0, 0.1) is 6.92 Å². The lowest BCUT2D eigenvalue weighted by molar-refractivity contribution is 1.10. The highest BCUT2D eigenvalue weighted by molar-refractivity contribution is 5.67. The summed E-state index contributed by atoms with van der Waals surface area (Å²) >= 11 is 0. The van der Waals surface area contributed by atoms with Crippen molar-refractivity contribution in [2.45, 2.75) is 6.92 Å². The Hall–Kier alpha value is -2.42. The molecule has 2 aromatic heterocycles. The number of aromatic amines is 1. The summed E-state index contributed by atoms with van der Waals surface area (Å²) in [7, 11) is 0. The molecule has 0 aliphatic carbocycles. The van der Waals surface area contributed by atoms with Gasteiger partial charge in [0.1, 0.15) is 0 Å². The summed E-state index contributed by atoms with van der Waals surface area (Å²) in [5.74, 6) is 0. The van der Waals surface area contributed by atoms with E-state index in [1.54, 1.807) is 0 Å². The van der Waals surface area contributed by atoms with Gasteiger partial charge in [-0.15, -0.1) is 0 Å². The second kappa shape index (κ2) is 4.45. The molecule has 88 valence electrons. The first kappa shape index (κ1) is 10.7. The van der Waals surface area contributed by atoms with Crippen molar-refractivity contribution in [2.75, 3.05) is 0 Å². The summed E-state index contributed by atoms with van der Waals surface area (Å²) in [4.78, 5) is 4.20. The zero-order valence-corrected chi connectivity index (χ0v) is 10.1. The maximum Gasteiger partial charge on any atom is 0.0927 e. The van der Waals surface area contributed by atoms with Crippen LogP contribution in [0.15, 0.2) is 54.7 Å². The number of H-pyrrole nitrogens is 1.